The van der Waals surface area contributed by atoms with Crippen molar-refractivity contribution >= 4 is 35.0 Å². The second kappa shape index (κ2) is 4.31. The van der Waals surface area contributed by atoms with Gasteiger partial charge in [-0.1, -0.05) is 11.6 Å². The fourth-order valence-corrected chi connectivity index (χ4v) is 2.77. The van der Waals surface area contributed by atoms with E-state index in [4.69, 9.17) is 23.8 Å². The number of nitrogens with zero attached hydrogens (tertiary/aromatic N) is 3. The Morgan fingerprint density at radius 2 is 2.06 bits per heavy atom. The average molecular weight is 269 g/mol. The van der Waals surface area contributed by atoms with Gasteiger partial charge in [0.05, 0.1) is 10.5 Å². The number of nitrogens with one attached hydrogen (secondary N) is 1. The number of H-pyrrole nitrogens is 1. The van der Waals surface area contributed by atoms with Crippen molar-refractivity contribution in [3.8, 4) is 0 Å². The van der Waals surface area contributed by atoms with Crippen LogP contribution in [0.15, 0.2) is 12.3 Å². The molecule has 1 saturated heterocycles. The van der Waals surface area contributed by atoms with E-state index in [1.807, 2.05) is 10.7 Å². The van der Waals surface area contributed by atoms with Crippen molar-refractivity contribution in [2.45, 2.75) is 19.3 Å². The lowest BCUT2D eigenvalue weighted by Gasteiger charge is -2.29. The van der Waals surface area contributed by atoms with Crippen LogP contribution in [-0.4, -0.2) is 27.7 Å². The molecule has 6 heteroatoms. The van der Waals surface area contributed by atoms with Crippen molar-refractivity contribution in [2.24, 2.45) is 0 Å². The standard InChI is InChI=1S/C11H13ClN4S/c12-8-6-9-10(13-7-8)16(11(17)14-9)15-4-2-1-3-5-15/h6-7H,1-5H2,(H,14,17). The van der Waals surface area contributed by atoms with Crippen LogP contribution < -0.4 is 5.01 Å². The third-order valence-corrected chi connectivity index (χ3v) is 3.56. The number of fused-ring (bicyclic) bond motifs is 1. The highest BCUT2D eigenvalue weighted by Gasteiger charge is 2.15. The lowest BCUT2D eigenvalue weighted by atomic mass is 10.2. The number of piperidine rings is 1. The highest BCUT2D eigenvalue weighted by molar-refractivity contribution is 7.71. The third kappa shape index (κ3) is 1.93. The molecule has 0 aromatic carbocycles. The van der Waals surface area contributed by atoms with Gasteiger partial charge in [0, 0.05) is 19.3 Å². The molecule has 3 rings (SSSR count). The van der Waals surface area contributed by atoms with E-state index in [1.54, 1.807) is 6.20 Å². The molecule has 2 aromatic heterocycles. The Morgan fingerprint density at radius 3 is 2.82 bits per heavy atom. The minimum Gasteiger partial charge on any atom is -0.328 e. The molecular weight excluding hydrogens is 256 g/mol. The minimum absolute atomic E-state index is 0.625. The number of rotatable bonds is 1. The van der Waals surface area contributed by atoms with E-state index in [0.29, 0.717) is 9.79 Å². The van der Waals surface area contributed by atoms with Gasteiger partial charge in [0.25, 0.3) is 0 Å². The average Bonchev–Trinajstić information content (AvgIpc) is 2.65. The molecule has 2 aromatic rings. The molecule has 0 spiro atoms. The molecule has 0 radical (unpaired) electrons. The normalized spacial score (nSPS) is 16.6. The lowest BCUT2D eigenvalue weighted by molar-refractivity contribution is 0.481. The van der Waals surface area contributed by atoms with Gasteiger partial charge >= 0.3 is 0 Å². The molecule has 1 aliphatic rings. The smallest absolute Gasteiger partial charge is 0.198 e. The van der Waals surface area contributed by atoms with Crippen molar-refractivity contribution < 1.29 is 0 Å². The first kappa shape index (κ1) is 11.0. The quantitative estimate of drug-likeness (QED) is 0.808. The monoisotopic (exact) mass is 268 g/mol. The number of halogens is 1. The second-order valence-electron chi connectivity index (χ2n) is 4.28. The van der Waals surface area contributed by atoms with E-state index in [9.17, 15) is 0 Å². The summed E-state index contributed by atoms with van der Waals surface area (Å²) in [5.41, 5.74) is 1.76. The van der Waals surface area contributed by atoms with Crippen molar-refractivity contribution in [2.75, 3.05) is 18.1 Å². The van der Waals surface area contributed by atoms with Crippen LogP contribution in [0, 0.1) is 4.77 Å². The summed E-state index contributed by atoms with van der Waals surface area (Å²) in [5, 5.41) is 2.88. The molecule has 0 amide bonds. The van der Waals surface area contributed by atoms with Crippen LogP contribution in [0.4, 0.5) is 0 Å². The van der Waals surface area contributed by atoms with E-state index in [0.717, 1.165) is 24.3 Å². The number of aromatic nitrogens is 3. The van der Waals surface area contributed by atoms with Crippen LogP contribution in [0.3, 0.4) is 0 Å². The van der Waals surface area contributed by atoms with Crippen molar-refractivity contribution in [1.29, 1.82) is 0 Å². The Labute approximate surface area is 109 Å². The zero-order valence-electron chi connectivity index (χ0n) is 9.32. The van der Waals surface area contributed by atoms with Gasteiger partial charge in [-0.3, -0.25) is 0 Å². The zero-order valence-corrected chi connectivity index (χ0v) is 10.9. The first-order valence-electron chi connectivity index (χ1n) is 5.77. The van der Waals surface area contributed by atoms with Crippen LogP contribution in [-0.2, 0) is 0 Å². The minimum atomic E-state index is 0.625. The van der Waals surface area contributed by atoms with Crippen LogP contribution in [0.5, 0.6) is 0 Å². The Kier molecular flexibility index (Phi) is 2.80. The molecule has 1 N–H and O–H groups in total. The number of imidazole rings is 1. The van der Waals surface area contributed by atoms with Crippen molar-refractivity contribution in [1.82, 2.24) is 14.6 Å². The fraction of sp³-hybridized carbons (Fsp3) is 0.455. The summed E-state index contributed by atoms with van der Waals surface area (Å²) in [5.74, 6) is 0. The number of aromatic amines is 1. The summed E-state index contributed by atoms with van der Waals surface area (Å²) in [6.45, 7) is 2.07. The van der Waals surface area contributed by atoms with E-state index in [1.165, 1.54) is 19.3 Å². The van der Waals surface area contributed by atoms with Gasteiger partial charge in [0.1, 0.15) is 0 Å². The van der Waals surface area contributed by atoms with Gasteiger partial charge in [-0.15, -0.1) is 0 Å². The molecular formula is C11H13ClN4S. The summed E-state index contributed by atoms with van der Waals surface area (Å²) in [6, 6.07) is 1.86. The van der Waals surface area contributed by atoms with Gasteiger partial charge in [0.15, 0.2) is 10.4 Å². The number of pyridine rings is 1. The molecule has 17 heavy (non-hydrogen) atoms. The number of hydrogen-bond donors (Lipinski definition) is 1. The molecule has 3 heterocycles. The highest BCUT2D eigenvalue weighted by atomic mass is 35.5. The lowest BCUT2D eigenvalue weighted by Crippen LogP contribution is -2.39. The summed E-state index contributed by atoms with van der Waals surface area (Å²) in [6.07, 6.45) is 5.38. The van der Waals surface area contributed by atoms with Gasteiger partial charge < -0.3 is 9.99 Å². The predicted molar refractivity (Wildman–Crippen MR) is 71.7 cm³/mol. The maximum atomic E-state index is 5.93. The molecule has 1 fully saturated rings. The van der Waals surface area contributed by atoms with Crippen LogP contribution in [0.2, 0.25) is 5.02 Å². The van der Waals surface area contributed by atoms with E-state index in [-0.39, 0.29) is 0 Å². The summed E-state index contributed by atoms with van der Waals surface area (Å²) >= 11 is 11.3. The summed E-state index contributed by atoms with van der Waals surface area (Å²) in [4.78, 5) is 7.52. The van der Waals surface area contributed by atoms with Crippen LogP contribution in [0.1, 0.15) is 19.3 Å². The molecule has 0 aliphatic carbocycles. The SMILES string of the molecule is S=c1[nH]c2cc(Cl)cnc2n1N1CCCCC1. The van der Waals surface area contributed by atoms with Gasteiger partial charge in [-0.25, -0.2) is 9.66 Å². The molecule has 0 atom stereocenters. The van der Waals surface area contributed by atoms with E-state index < -0.39 is 0 Å². The van der Waals surface area contributed by atoms with Crippen LogP contribution >= 0.6 is 23.8 Å². The van der Waals surface area contributed by atoms with Crippen LogP contribution in [0.25, 0.3) is 11.2 Å². The van der Waals surface area contributed by atoms with E-state index >= 15 is 0 Å². The first-order valence-corrected chi connectivity index (χ1v) is 6.56. The molecule has 1 aliphatic heterocycles. The fourth-order valence-electron chi connectivity index (χ4n) is 2.30. The second-order valence-corrected chi connectivity index (χ2v) is 5.10. The molecule has 4 nitrogen and oxygen atoms in total. The Hall–Kier alpha value is -1.07. The van der Waals surface area contributed by atoms with Gasteiger partial charge in [-0.05, 0) is 37.5 Å². The van der Waals surface area contributed by atoms with E-state index in [2.05, 4.69) is 15.0 Å². The topological polar surface area (TPSA) is 36.9 Å². The third-order valence-electron chi connectivity index (χ3n) is 3.08. The first-order chi connectivity index (χ1) is 8.25. The number of hydrogen-bond acceptors (Lipinski definition) is 3. The van der Waals surface area contributed by atoms with Gasteiger partial charge in [-0.2, -0.15) is 0 Å². The summed E-state index contributed by atoms with van der Waals surface area (Å²) in [7, 11) is 0. The maximum Gasteiger partial charge on any atom is 0.198 e. The molecule has 90 valence electrons. The highest BCUT2D eigenvalue weighted by Crippen LogP contribution is 2.18. The molecule has 0 saturated carbocycles. The molecule has 0 bridgehead atoms. The Bertz CT molecular complexity index is 597. The Balaban J connectivity index is 2.14. The predicted octanol–water partition coefficient (Wildman–Crippen LogP) is 2.87. The molecule has 0 unspecified atom stereocenters. The van der Waals surface area contributed by atoms with Crippen molar-refractivity contribution in [3.63, 3.8) is 0 Å². The Morgan fingerprint density at radius 1 is 1.29 bits per heavy atom. The summed E-state index contributed by atoms with van der Waals surface area (Å²) < 4.78 is 2.69. The van der Waals surface area contributed by atoms with Gasteiger partial charge in [0.2, 0.25) is 0 Å². The largest absolute Gasteiger partial charge is 0.328 e. The van der Waals surface area contributed by atoms with Crippen molar-refractivity contribution in [3.05, 3.63) is 22.1 Å². The zero-order chi connectivity index (χ0) is 11.8. The maximum absolute atomic E-state index is 5.93.